The molecule has 6 rings (SSSR count). The van der Waals surface area contributed by atoms with Crippen molar-refractivity contribution in [3.8, 4) is 0 Å². The quantitative estimate of drug-likeness (QED) is 0.384. The molecule has 40 heavy (non-hydrogen) atoms. The molecular weight excluding hydrogens is 513 g/mol. The third-order valence-electron chi connectivity index (χ3n) is 7.35. The van der Waals surface area contributed by atoms with E-state index in [1.165, 1.54) is 28.5 Å². The van der Waals surface area contributed by atoms with Crippen LogP contribution in [0.5, 0.6) is 0 Å². The van der Waals surface area contributed by atoms with Gasteiger partial charge in [-0.15, -0.1) is 0 Å². The van der Waals surface area contributed by atoms with Gasteiger partial charge >= 0.3 is 0 Å². The van der Waals surface area contributed by atoms with Crippen molar-refractivity contribution >= 4 is 23.3 Å². The maximum Gasteiger partial charge on any atom is 0.270 e. The molecule has 1 aliphatic carbocycles. The maximum atomic E-state index is 13.6. The first-order valence-corrected chi connectivity index (χ1v) is 12.9. The predicted molar refractivity (Wildman–Crippen MR) is 144 cm³/mol. The highest BCUT2D eigenvalue weighted by Gasteiger charge is 2.29. The van der Waals surface area contributed by atoms with Gasteiger partial charge in [0.2, 0.25) is 0 Å². The number of allylic oxidation sites excluding steroid dienone is 1. The zero-order chi connectivity index (χ0) is 28.0. The van der Waals surface area contributed by atoms with Crippen LogP contribution in [0.2, 0.25) is 0 Å². The SMILES string of the molecule is C=C1CC(c2ccc3c(c2C)CC[C@@H]3NC(=O)c2cc(C(=O)NCc3ccc(F)c(C)c3)nc3ncnn23)=NO1. The first kappa shape index (κ1) is 25.4. The molecular formula is C29H26FN7O3. The molecule has 0 radical (unpaired) electrons. The molecule has 1 aliphatic heterocycles. The lowest BCUT2D eigenvalue weighted by Crippen LogP contribution is -2.30. The molecule has 0 saturated carbocycles. The lowest BCUT2D eigenvalue weighted by molar-refractivity contribution is 0.0929. The van der Waals surface area contributed by atoms with E-state index in [1.54, 1.807) is 19.1 Å². The smallest absolute Gasteiger partial charge is 0.270 e. The van der Waals surface area contributed by atoms with Gasteiger partial charge in [0.1, 0.15) is 29.3 Å². The molecule has 0 unspecified atom stereocenters. The van der Waals surface area contributed by atoms with E-state index in [-0.39, 0.29) is 35.6 Å². The van der Waals surface area contributed by atoms with Crippen LogP contribution in [0.1, 0.15) is 73.2 Å². The van der Waals surface area contributed by atoms with E-state index in [0.29, 0.717) is 17.7 Å². The maximum absolute atomic E-state index is 13.6. The summed E-state index contributed by atoms with van der Waals surface area (Å²) in [6, 6.07) is 9.85. The predicted octanol–water partition coefficient (Wildman–Crippen LogP) is 3.87. The number of fused-ring (bicyclic) bond motifs is 2. The molecule has 2 amide bonds. The van der Waals surface area contributed by atoms with E-state index >= 15 is 0 Å². The van der Waals surface area contributed by atoms with Crippen molar-refractivity contribution in [3.63, 3.8) is 0 Å². The van der Waals surface area contributed by atoms with Crippen LogP contribution in [0, 0.1) is 19.7 Å². The summed E-state index contributed by atoms with van der Waals surface area (Å²) in [5.74, 6) is -0.448. The molecule has 3 heterocycles. The zero-order valence-corrected chi connectivity index (χ0v) is 22.0. The summed E-state index contributed by atoms with van der Waals surface area (Å²) < 4.78 is 14.9. The lowest BCUT2D eigenvalue weighted by Gasteiger charge is -2.16. The number of aromatic nitrogens is 4. The molecule has 0 spiro atoms. The fraction of sp³-hybridized carbons (Fsp3) is 0.241. The number of oxime groups is 1. The topological polar surface area (TPSA) is 123 Å². The average molecular weight is 540 g/mol. The van der Waals surface area contributed by atoms with Gasteiger partial charge in [0.25, 0.3) is 17.6 Å². The van der Waals surface area contributed by atoms with Crippen molar-refractivity contribution in [2.45, 2.75) is 45.7 Å². The number of hydrogen-bond acceptors (Lipinski definition) is 7. The molecule has 4 aromatic rings. The molecule has 202 valence electrons. The van der Waals surface area contributed by atoms with Gasteiger partial charge in [-0.25, -0.2) is 9.37 Å². The normalized spacial score (nSPS) is 16.0. The molecule has 2 aromatic carbocycles. The highest BCUT2D eigenvalue weighted by Crippen LogP contribution is 2.36. The molecule has 2 aromatic heterocycles. The van der Waals surface area contributed by atoms with E-state index in [1.807, 2.05) is 12.1 Å². The van der Waals surface area contributed by atoms with E-state index in [0.717, 1.165) is 40.8 Å². The molecule has 2 N–H and O–H groups in total. The van der Waals surface area contributed by atoms with Gasteiger partial charge in [-0.1, -0.05) is 36.0 Å². The summed E-state index contributed by atoms with van der Waals surface area (Å²) >= 11 is 0. The van der Waals surface area contributed by atoms with Crippen LogP contribution in [-0.2, 0) is 17.8 Å². The molecule has 1 atom stereocenters. The van der Waals surface area contributed by atoms with Crippen molar-refractivity contribution in [3.05, 3.63) is 106 Å². The molecule has 10 nitrogen and oxygen atoms in total. The Hall–Kier alpha value is -4.93. The Kier molecular flexibility index (Phi) is 6.33. The van der Waals surface area contributed by atoms with Crippen LogP contribution in [-0.4, -0.2) is 37.1 Å². The number of nitrogens with one attached hydrogen (secondary N) is 2. The Morgan fingerprint density at radius 3 is 2.80 bits per heavy atom. The molecule has 2 aliphatic rings. The first-order chi connectivity index (χ1) is 19.3. The van der Waals surface area contributed by atoms with Crippen molar-refractivity contribution in [2.75, 3.05) is 0 Å². The summed E-state index contributed by atoms with van der Waals surface area (Å²) in [5, 5.41) is 14.1. The number of rotatable bonds is 6. The van der Waals surface area contributed by atoms with Gasteiger partial charge in [-0.05, 0) is 60.6 Å². The minimum absolute atomic E-state index is 0.0259. The van der Waals surface area contributed by atoms with Gasteiger partial charge in [-0.3, -0.25) is 9.59 Å². The Bertz CT molecular complexity index is 1740. The number of aryl methyl sites for hydroxylation is 1. The third kappa shape index (κ3) is 4.59. The summed E-state index contributed by atoms with van der Waals surface area (Å²) in [6.45, 7) is 7.72. The summed E-state index contributed by atoms with van der Waals surface area (Å²) in [6.07, 6.45) is 3.40. The van der Waals surface area contributed by atoms with Gasteiger partial charge in [-0.2, -0.15) is 14.6 Å². The summed E-state index contributed by atoms with van der Waals surface area (Å²) in [4.78, 5) is 40.0. The lowest BCUT2D eigenvalue weighted by atomic mass is 9.94. The number of benzene rings is 2. The number of amides is 2. The summed E-state index contributed by atoms with van der Waals surface area (Å²) in [7, 11) is 0. The molecule has 0 saturated heterocycles. The largest absolute Gasteiger partial charge is 0.361 e. The Balaban J connectivity index is 1.22. The third-order valence-corrected chi connectivity index (χ3v) is 7.35. The second-order valence-electron chi connectivity index (χ2n) is 9.98. The fourth-order valence-corrected chi connectivity index (χ4v) is 5.27. The molecule has 11 heteroatoms. The van der Waals surface area contributed by atoms with Crippen LogP contribution in [0.4, 0.5) is 4.39 Å². The van der Waals surface area contributed by atoms with Crippen molar-refractivity contribution in [2.24, 2.45) is 5.16 Å². The number of halogens is 1. The highest BCUT2D eigenvalue weighted by molar-refractivity contribution is 6.04. The van der Waals surface area contributed by atoms with Crippen LogP contribution < -0.4 is 10.6 Å². The monoisotopic (exact) mass is 539 g/mol. The first-order valence-electron chi connectivity index (χ1n) is 12.9. The Labute approximate surface area is 229 Å². The fourth-order valence-electron chi connectivity index (χ4n) is 5.27. The van der Waals surface area contributed by atoms with E-state index < -0.39 is 11.8 Å². The average Bonchev–Trinajstić information content (AvgIpc) is 3.69. The second kappa shape index (κ2) is 9.99. The number of carbonyl (C=O) groups excluding carboxylic acids is 2. The van der Waals surface area contributed by atoms with Crippen LogP contribution in [0.3, 0.4) is 0 Å². The molecule has 0 bridgehead atoms. The van der Waals surface area contributed by atoms with Crippen LogP contribution in [0.25, 0.3) is 5.78 Å². The number of hydrogen-bond donors (Lipinski definition) is 2. The van der Waals surface area contributed by atoms with E-state index in [4.69, 9.17) is 4.84 Å². The van der Waals surface area contributed by atoms with Crippen LogP contribution in [0.15, 0.2) is 60.2 Å². The Morgan fingerprint density at radius 2 is 2.02 bits per heavy atom. The van der Waals surface area contributed by atoms with Gasteiger partial charge in [0.15, 0.2) is 0 Å². The van der Waals surface area contributed by atoms with Gasteiger partial charge in [0.05, 0.1) is 18.2 Å². The number of nitrogens with zero attached hydrogens (tertiary/aromatic N) is 5. The van der Waals surface area contributed by atoms with Crippen molar-refractivity contribution < 1.29 is 18.8 Å². The minimum Gasteiger partial charge on any atom is -0.361 e. The minimum atomic E-state index is -0.489. The number of carbonyl (C=O) groups is 2. The van der Waals surface area contributed by atoms with E-state index in [9.17, 15) is 14.0 Å². The Morgan fingerprint density at radius 1 is 1.18 bits per heavy atom. The van der Waals surface area contributed by atoms with Gasteiger partial charge < -0.3 is 15.5 Å². The summed E-state index contributed by atoms with van der Waals surface area (Å²) in [5.41, 5.74) is 6.61. The standard InChI is InChI=1S/C29H26FN7O3/c1-15-10-18(4-8-22(15)30)13-31-27(38)25-12-26(37-29(35-25)32-14-33-37)28(39)34-23-9-7-19-17(3)20(5-6-21(19)23)24-11-16(2)40-36-24/h4-6,8,10,12,14,23H,2,7,9,11,13H2,1,3H3,(H,31,38)(H,34,39)/t23-/m0/s1. The van der Waals surface area contributed by atoms with E-state index in [2.05, 4.69) is 44.4 Å². The zero-order valence-electron chi connectivity index (χ0n) is 22.0. The highest BCUT2D eigenvalue weighted by atomic mass is 19.1. The van der Waals surface area contributed by atoms with Crippen LogP contribution >= 0.6 is 0 Å². The van der Waals surface area contributed by atoms with Crippen molar-refractivity contribution in [1.82, 2.24) is 30.2 Å². The van der Waals surface area contributed by atoms with Crippen molar-refractivity contribution in [1.29, 1.82) is 0 Å². The second-order valence-corrected chi connectivity index (χ2v) is 9.98. The molecule has 0 fully saturated rings. The van der Waals surface area contributed by atoms with Gasteiger partial charge in [0, 0.05) is 18.2 Å².